The maximum absolute atomic E-state index is 12.7. The number of hydrogen-bond acceptors (Lipinski definition) is 4. The van der Waals surface area contributed by atoms with Crippen LogP contribution in [0.25, 0.3) is 0 Å². The van der Waals surface area contributed by atoms with Crippen molar-refractivity contribution in [3.8, 4) is 5.75 Å². The number of halogens is 3. The lowest BCUT2D eigenvalue weighted by atomic mass is 9.97. The van der Waals surface area contributed by atoms with Crippen LogP contribution in [0.4, 0.5) is 13.2 Å². The highest BCUT2D eigenvalue weighted by molar-refractivity contribution is 7.89. The van der Waals surface area contributed by atoms with Crippen molar-refractivity contribution >= 4 is 15.8 Å². The van der Waals surface area contributed by atoms with E-state index in [4.69, 9.17) is 0 Å². The summed E-state index contributed by atoms with van der Waals surface area (Å²) >= 11 is 0. The molecule has 1 saturated heterocycles. The molecule has 0 N–H and O–H groups in total. The van der Waals surface area contributed by atoms with Crippen LogP contribution < -0.4 is 4.74 Å². The van der Waals surface area contributed by atoms with Gasteiger partial charge < -0.3 is 4.74 Å². The zero-order chi connectivity index (χ0) is 20.4. The summed E-state index contributed by atoms with van der Waals surface area (Å²) in [6.45, 7) is 0.601. The fourth-order valence-electron chi connectivity index (χ4n) is 3.19. The molecular weight excluding hydrogens is 395 g/mol. The van der Waals surface area contributed by atoms with Gasteiger partial charge in [-0.05, 0) is 67.9 Å². The minimum atomic E-state index is -4.82. The standard InChI is InChI=1S/C19H22F3NO4S/c20-19(21,22)27-17-5-7-18(8-6-17)28(25,26)23-11-9-14(10-12-23)3-4-16(24)13-15-1-2-15/h3-8,14-15H,1-2,9-13H2/b4-3+. The van der Waals surface area contributed by atoms with Crippen LogP contribution >= 0.6 is 0 Å². The highest BCUT2D eigenvalue weighted by Crippen LogP contribution is 2.33. The monoisotopic (exact) mass is 417 g/mol. The lowest BCUT2D eigenvalue weighted by Crippen LogP contribution is -2.38. The molecular formula is C19H22F3NO4S. The first kappa shape index (κ1) is 20.9. The molecule has 28 heavy (non-hydrogen) atoms. The Kier molecular flexibility index (Phi) is 6.14. The highest BCUT2D eigenvalue weighted by atomic mass is 32.2. The first-order valence-electron chi connectivity index (χ1n) is 9.20. The number of sulfonamides is 1. The maximum atomic E-state index is 12.7. The number of ketones is 1. The van der Waals surface area contributed by atoms with Crippen LogP contribution in [-0.4, -0.2) is 38.0 Å². The predicted molar refractivity (Wildman–Crippen MR) is 96.1 cm³/mol. The number of piperidine rings is 1. The van der Waals surface area contributed by atoms with E-state index < -0.39 is 22.1 Å². The second kappa shape index (κ2) is 8.24. The van der Waals surface area contributed by atoms with E-state index in [1.54, 1.807) is 6.08 Å². The van der Waals surface area contributed by atoms with Gasteiger partial charge in [0.05, 0.1) is 4.90 Å². The fourth-order valence-corrected chi connectivity index (χ4v) is 4.66. The second-order valence-electron chi connectivity index (χ2n) is 7.23. The molecule has 3 rings (SSSR count). The second-order valence-corrected chi connectivity index (χ2v) is 9.17. The Balaban J connectivity index is 1.55. The van der Waals surface area contributed by atoms with E-state index >= 15 is 0 Å². The van der Waals surface area contributed by atoms with Crippen LogP contribution in [-0.2, 0) is 14.8 Å². The Morgan fingerprint density at radius 3 is 2.25 bits per heavy atom. The van der Waals surface area contributed by atoms with E-state index in [1.165, 1.54) is 4.31 Å². The SMILES string of the molecule is O=C(/C=C/C1CCN(S(=O)(=O)c2ccc(OC(F)(F)F)cc2)CC1)CC1CC1. The molecule has 0 radical (unpaired) electrons. The van der Waals surface area contributed by atoms with Crippen molar-refractivity contribution in [1.29, 1.82) is 0 Å². The molecule has 2 aliphatic rings. The van der Waals surface area contributed by atoms with Gasteiger partial charge in [-0.1, -0.05) is 6.08 Å². The Bertz CT molecular complexity index is 822. The summed E-state index contributed by atoms with van der Waals surface area (Å²) < 4.78 is 67.1. The summed E-state index contributed by atoms with van der Waals surface area (Å²) in [4.78, 5) is 11.7. The summed E-state index contributed by atoms with van der Waals surface area (Å²) in [6.07, 6.45) is 2.71. The van der Waals surface area contributed by atoms with Gasteiger partial charge in [-0.15, -0.1) is 13.2 Å². The zero-order valence-corrected chi connectivity index (χ0v) is 16.0. The molecule has 0 amide bonds. The van der Waals surface area contributed by atoms with Gasteiger partial charge in [-0.3, -0.25) is 4.79 Å². The average Bonchev–Trinajstić information content (AvgIpc) is 3.43. The first-order chi connectivity index (χ1) is 13.1. The first-order valence-corrected chi connectivity index (χ1v) is 10.6. The molecule has 9 heteroatoms. The van der Waals surface area contributed by atoms with Crippen LogP contribution in [0.15, 0.2) is 41.3 Å². The van der Waals surface area contributed by atoms with E-state index in [-0.39, 0.29) is 16.6 Å². The van der Waals surface area contributed by atoms with E-state index in [0.29, 0.717) is 38.3 Å². The molecule has 1 heterocycles. The zero-order valence-electron chi connectivity index (χ0n) is 15.2. The molecule has 1 aliphatic carbocycles. The lowest BCUT2D eigenvalue weighted by Gasteiger charge is -2.29. The summed E-state index contributed by atoms with van der Waals surface area (Å²) in [6, 6.07) is 4.20. The Hall–Kier alpha value is -1.87. The number of rotatable bonds is 7. The van der Waals surface area contributed by atoms with Crippen molar-refractivity contribution < 1.29 is 31.1 Å². The Morgan fingerprint density at radius 2 is 1.71 bits per heavy atom. The van der Waals surface area contributed by atoms with Crippen LogP contribution in [0, 0.1) is 11.8 Å². The third kappa shape index (κ3) is 5.81. The van der Waals surface area contributed by atoms with Crippen molar-refractivity contribution in [2.24, 2.45) is 11.8 Å². The third-order valence-electron chi connectivity index (χ3n) is 4.93. The van der Waals surface area contributed by atoms with E-state index in [1.807, 2.05) is 6.08 Å². The maximum Gasteiger partial charge on any atom is 0.573 e. The van der Waals surface area contributed by atoms with Crippen LogP contribution in [0.1, 0.15) is 32.1 Å². The van der Waals surface area contributed by atoms with Gasteiger partial charge in [0.2, 0.25) is 10.0 Å². The van der Waals surface area contributed by atoms with Crippen molar-refractivity contribution in [1.82, 2.24) is 4.31 Å². The van der Waals surface area contributed by atoms with Gasteiger partial charge >= 0.3 is 6.36 Å². The lowest BCUT2D eigenvalue weighted by molar-refractivity contribution is -0.274. The minimum absolute atomic E-state index is 0.0735. The normalized spacial score (nSPS) is 19.8. The van der Waals surface area contributed by atoms with Crippen molar-refractivity contribution in [3.05, 3.63) is 36.4 Å². The summed E-state index contributed by atoms with van der Waals surface area (Å²) in [5.41, 5.74) is 0. The molecule has 2 fully saturated rings. The van der Waals surface area contributed by atoms with Crippen LogP contribution in [0.3, 0.4) is 0 Å². The molecule has 1 aliphatic heterocycles. The summed E-state index contributed by atoms with van der Waals surface area (Å²) in [5, 5.41) is 0. The molecule has 0 spiro atoms. The number of carbonyl (C=O) groups is 1. The van der Waals surface area contributed by atoms with Crippen LogP contribution in [0.2, 0.25) is 0 Å². The highest BCUT2D eigenvalue weighted by Gasteiger charge is 2.32. The van der Waals surface area contributed by atoms with Crippen molar-refractivity contribution in [2.45, 2.75) is 43.4 Å². The van der Waals surface area contributed by atoms with E-state index in [2.05, 4.69) is 4.74 Å². The molecule has 0 bridgehead atoms. The molecule has 0 atom stereocenters. The van der Waals surface area contributed by atoms with Crippen molar-refractivity contribution in [3.63, 3.8) is 0 Å². The minimum Gasteiger partial charge on any atom is -0.406 e. The molecule has 0 unspecified atom stereocenters. The number of allylic oxidation sites excluding steroid dienone is 2. The number of ether oxygens (including phenoxy) is 1. The van der Waals surface area contributed by atoms with Gasteiger partial charge in [0.15, 0.2) is 5.78 Å². The van der Waals surface area contributed by atoms with Gasteiger partial charge in [-0.25, -0.2) is 8.42 Å². The van der Waals surface area contributed by atoms with Crippen molar-refractivity contribution in [2.75, 3.05) is 13.1 Å². The van der Waals surface area contributed by atoms with Gasteiger partial charge in [0.1, 0.15) is 5.75 Å². The molecule has 0 aromatic heterocycles. The average molecular weight is 417 g/mol. The van der Waals surface area contributed by atoms with Gasteiger partial charge in [-0.2, -0.15) is 4.31 Å². The van der Waals surface area contributed by atoms with E-state index in [9.17, 15) is 26.4 Å². The van der Waals surface area contributed by atoms with Gasteiger partial charge in [0.25, 0.3) is 0 Å². The number of nitrogens with zero attached hydrogens (tertiary/aromatic N) is 1. The van der Waals surface area contributed by atoms with Gasteiger partial charge in [0, 0.05) is 19.5 Å². The molecule has 1 saturated carbocycles. The summed E-state index contributed by atoms with van der Waals surface area (Å²) in [5.74, 6) is 0.346. The molecule has 1 aromatic rings. The summed E-state index contributed by atoms with van der Waals surface area (Å²) in [7, 11) is -3.78. The number of carbonyl (C=O) groups excluding carboxylic acids is 1. The quantitative estimate of drug-likeness (QED) is 0.631. The van der Waals surface area contributed by atoms with E-state index in [0.717, 1.165) is 37.1 Å². The number of hydrogen-bond donors (Lipinski definition) is 0. The smallest absolute Gasteiger partial charge is 0.406 e. The largest absolute Gasteiger partial charge is 0.573 e. The molecule has 154 valence electrons. The topological polar surface area (TPSA) is 63.7 Å². The molecule has 5 nitrogen and oxygen atoms in total. The Labute approximate surface area is 162 Å². The van der Waals surface area contributed by atoms with Crippen LogP contribution in [0.5, 0.6) is 5.75 Å². The predicted octanol–water partition coefficient (Wildman–Crippen LogP) is 3.91. The fraction of sp³-hybridized carbons (Fsp3) is 0.526. The number of benzene rings is 1. The number of alkyl halides is 3. The Morgan fingerprint density at radius 1 is 1.11 bits per heavy atom. The third-order valence-corrected chi connectivity index (χ3v) is 6.85. The molecule has 1 aromatic carbocycles.